The van der Waals surface area contributed by atoms with E-state index in [1.807, 2.05) is 0 Å². The van der Waals surface area contributed by atoms with Gasteiger partial charge < -0.3 is 9.73 Å². The highest BCUT2D eigenvalue weighted by Gasteiger charge is 2.16. The molecule has 0 bridgehead atoms. The number of hydrogen-bond donors (Lipinski definition) is 1. The Hall–Kier alpha value is -2.11. The van der Waals surface area contributed by atoms with Crippen molar-refractivity contribution < 1.29 is 14.1 Å². The maximum atomic E-state index is 11.3. The van der Waals surface area contributed by atoms with Gasteiger partial charge in [-0.3, -0.25) is 14.9 Å². The molecule has 0 aliphatic carbocycles. The van der Waals surface area contributed by atoms with Crippen molar-refractivity contribution in [2.24, 2.45) is 0 Å². The fourth-order valence-corrected chi connectivity index (χ4v) is 0.923. The average Bonchev–Trinajstić information content (AvgIpc) is 2.66. The summed E-state index contributed by atoms with van der Waals surface area (Å²) in [6.45, 7) is 3.92. The number of carbonyl (C=O) groups is 1. The molecule has 0 fully saturated rings. The quantitative estimate of drug-likeness (QED) is 0.345. The first-order valence-corrected chi connectivity index (χ1v) is 4.28. The molecule has 80 valence electrons. The summed E-state index contributed by atoms with van der Waals surface area (Å²) in [5, 5.41) is 12.8. The van der Waals surface area contributed by atoms with Crippen molar-refractivity contribution in [1.82, 2.24) is 5.32 Å². The smallest absolute Gasteiger partial charge is 0.395 e. The van der Waals surface area contributed by atoms with Crippen LogP contribution >= 0.6 is 0 Å². The second-order valence-corrected chi connectivity index (χ2v) is 2.73. The van der Waals surface area contributed by atoms with E-state index in [-0.39, 0.29) is 5.76 Å². The summed E-state index contributed by atoms with van der Waals surface area (Å²) in [4.78, 5) is 20.9. The number of nitrogens with zero attached hydrogens (tertiary/aromatic N) is 1. The summed E-state index contributed by atoms with van der Waals surface area (Å²) in [7, 11) is 0. The summed E-state index contributed by atoms with van der Waals surface area (Å²) in [6, 6.07) is 2.41. The van der Waals surface area contributed by atoms with Crippen LogP contribution in [0.1, 0.15) is 17.0 Å². The zero-order valence-corrected chi connectivity index (χ0v) is 7.93. The van der Waals surface area contributed by atoms with Crippen LogP contribution in [-0.4, -0.2) is 17.4 Å². The molecule has 0 aliphatic rings. The minimum absolute atomic E-state index is 0.0641. The van der Waals surface area contributed by atoms with Crippen molar-refractivity contribution >= 4 is 11.8 Å². The number of amides is 1. The maximum Gasteiger partial charge on any atom is 0.433 e. The fourth-order valence-electron chi connectivity index (χ4n) is 0.923. The molecule has 1 N–H and O–H groups in total. The molecule has 0 radical (unpaired) electrons. The molecule has 0 aromatic carbocycles. The second-order valence-electron chi connectivity index (χ2n) is 2.73. The van der Waals surface area contributed by atoms with Gasteiger partial charge in [-0.2, -0.15) is 0 Å². The standard InChI is InChI=1S/C9H10N2O4/c1-2-3-6-10-9(12)7-4-5-8(15-7)11(13)14/h2,4-5H,1,3,6H2,(H,10,12). The van der Waals surface area contributed by atoms with Crippen LogP contribution in [0.3, 0.4) is 0 Å². The third kappa shape index (κ3) is 2.94. The van der Waals surface area contributed by atoms with Gasteiger partial charge in [-0.15, -0.1) is 6.58 Å². The number of rotatable bonds is 5. The van der Waals surface area contributed by atoms with Gasteiger partial charge >= 0.3 is 5.88 Å². The van der Waals surface area contributed by atoms with E-state index in [2.05, 4.69) is 11.9 Å². The number of nitro groups is 1. The van der Waals surface area contributed by atoms with Crippen LogP contribution in [0.15, 0.2) is 29.2 Å². The number of furan rings is 1. The summed E-state index contributed by atoms with van der Waals surface area (Å²) in [5.41, 5.74) is 0. The molecule has 1 heterocycles. The Morgan fingerprint density at radius 1 is 1.67 bits per heavy atom. The highest BCUT2D eigenvalue weighted by atomic mass is 16.6. The minimum atomic E-state index is -0.694. The predicted molar refractivity (Wildman–Crippen MR) is 52.5 cm³/mol. The number of carbonyl (C=O) groups excluding carboxylic acids is 1. The van der Waals surface area contributed by atoms with Crippen molar-refractivity contribution in [2.75, 3.05) is 6.54 Å². The van der Waals surface area contributed by atoms with Crippen molar-refractivity contribution in [1.29, 1.82) is 0 Å². The number of hydrogen-bond acceptors (Lipinski definition) is 4. The van der Waals surface area contributed by atoms with E-state index in [9.17, 15) is 14.9 Å². The van der Waals surface area contributed by atoms with Gasteiger partial charge in [-0.1, -0.05) is 6.08 Å². The third-order valence-corrected chi connectivity index (χ3v) is 1.63. The van der Waals surface area contributed by atoms with Crippen LogP contribution in [0.25, 0.3) is 0 Å². The molecule has 1 amide bonds. The van der Waals surface area contributed by atoms with Crippen molar-refractivity contribution in [2.45, 2.75) is 6.42 Å². The summed E-state index contributed by atoms with van der Waals surface area (Å²) in [5.74, 6) is -0.973. The lowest BCUT2D eigenvalue weighted by atomic mass is 10.4. The first-order valence-electron chi connectivity index (χ1n) is 4.28. The van der Waals surface area contributed by atoms with Crippen LogP contribution in [-0.2, 0) is 0 Å². The largest absolute Gasteiger partial charge is 0.433 e. The Balaban J connectivity index is 2.58. The van der Waals surface area contributed by atoms with Crippen LogP contribution in [0.4, 0.5) is 5.88 Å². The monoisotopic (exact) mass is 210 g/mol. The van der Waals surface area contributed by atoms with Gasteiger partial charge in [-0.25, -0.2) is 0 Å². The Labute approximate surface area is 85.7 Å². The zero-order valence-electron chi connectivity index (χ0n) is 7.93. The van der Waals surface area contributed by atoms with Gasteiger partial charge in [0.2, 0.25) is 0 Å². The van der Waals surface area contributed by atoms with E-state index in [1.54, 1.807) is 6.08 Å². The third-order valence-electron chi connectivity index (χ3n) is 1.63. The van der Waals surface area contributed by atoms with Gasteiger partial charge in [0.1, 0.15) is 4.92 Å². The van der Waals surface area contributed by atoms with Crippen molar-refractivity contribution in [3.05, 3.63) is 40.7 Å². The Morgan fingerprint density at radius 3 is 2.93 bits per heavy atom. The van der Waals surface area contributed by atoms with Gasteiger partial charge in [0, 0.05) is 6.54 Å². The SMILES string of the molecule is C=CCCNC(=O)c1ccc([N+](=O)[O-])o1. The molecule has 1 aromatic heterocycles. The normalized spacial score (nSPS) is 9.60. The summed E-state index contributed by atoms with van der Waals surface area (Å²) < 4.78 is 4.70. The topological polar surface area (TPSA) is 85.4 Å². The Kier molecular flexibility index (Phi) is 3.61. The first-order chi connectivity index (χ1) is 7.15. The molecular formula is C9H10N2O4. The molecule has 0 spiro atoms. The van der Waals surface area contributed by atoms with Crippen molar-refractivity contribution in [3.63, 3.8) is 0 Å². The Bertz CT molecular complexity index is 383. The minimum Gasteiger partial charge on any atom is -0.395 e. The van der Waals surface area contributed by atoms with Gasteiger partial charge in [0.25, 0.3) is 5.91 Å². The molecule has 0 atom stereocenters. The molecular weight excluding hydrogens is 200 g/mol. The summed E-state index contributed by atoms with van der Waals surface area (Å²) >= 11 is 0. The van der Waals surface area contributed by atoms with E-state index < -0.39 is 16.7 Å². The molecule has 6 heteroatoms. The van der Waals surface area contributed by atoms with E-state index in [4.69, 9.17) is 4.42 Å². The van der Waals surface area contributed by atoms with Gasteiger partial charge in [0.05, 0.1) is 6.07 Å². The van der Waals surface area contributed by atoms with E-state index >= 15 is 0 Å². The first kappa shape index (κ1) is 11.0. The zero-order chi connectivity index (χ0) is 11.3. The van der Waals surface area contributed by atoms with Crippen LogP contribution in [0.2, 0.25) is 0 Å². The highest BCUT2D eigenvalue weighted by molar-refractivity contribution is 5.91. The highest BCUT2D eigenvalue weighted by Crippen LogP contribution is 2.15. The lowest BCUT2D eigenvalue weighted by Crippen LogP contribution is -2.23. The lowest BCUT2D eigenvalue weighted by molar-refractivity contribution is -0.402. The van der Waals surface area contributed by atoms with Crippen LogP contribution in [0.5, 0.6) is 0 Å². The Morgan fingerprint density at radius 2 is 2.40 bits per heavy atom. The predicted octanol–water partition coefficient (Wildman–Crippen LogP) is 1.49. The lowest BCUT2D eigenvalue weighted by Gasteiger charge is -1.98. The molecule has 0 aliphatic heterocycles. The van der Waals surface area contributed by atoms with E-state index in [0.717, 1.165) is 6.07 Å². The summed E-state index contributed by atoms with van der Waals surface area (Å²) in [6.07, 6.45) is 2.29. The fraction of sp³-hybridized carbons (Fsp3) is 0.222. The maximum absolute atomic E-state index is 11.3. The molecule has 1 rings (SSSR count). The van der Waals surface area contributed by atoms with Gasteiger partial charge in [0.15, 0.2) is 5.76 Å². The van der Waals surface area contributed by atoms with Crippen molar-refractivity contribution in [3.8, 4) is 0 Å². The van der Waals surface area contributed by atoms with Crippen LogP contribution in [0, 0.1) is 10.1 Å². The van der Waals surface area contributed by atoms with Crippen LogP contribution < -0.4 is 5.32 Å². The molecule has 0 unspecified atom stereocenters. The number of nitrogens with one attached hydrogen (secondary N) is 1. The van der Waals surface area contributed by atoms with Gasteiger partial charge in [-0.05, 0) is 12.5 Å². The molecule has 0 saturated carbocycles. The van der Waals surface area contributed by atoms with E-state index in [1.165, 1.54) is 6.07 Å². The second kappa shape index (κ2) is 4.94. The molecule has 6 nitrogen and oxygen atoms in total. The van der Waals surface area contributed by atoms with E-state index in [0.29, 0.717) is 13.0 Å². The molecule has 1 aromatic rings. The molecule has 0 saturated heterocycles. The molecule has 15 heavy (non-hydrogen) atoms. The average molecular weight is 210 g/mol.